The van der Waals surface area contributed by atoms with Crippen LogP contribution >= 0.6 is 0 Å². The lowest BCUT2D eigenvalue weighted by Crippen LogP contribution is -2.20. The van der Waals surface area contributed by atoms with Crippen molar-refractivity contribution in [1.82, 2.24) is 3.97 Å². The first-order chi connectivity index (χ1) is 6.11. The zero-order chi connectivity index (χ0) is 10.0. The zero-order valence-electron chi connectivity index (χ0n) is 6.94. The van der Waals surface area contributed by atoms with E-state index >= 15 is 0 Å². The Labute approximate surface area is 76.3 Å². The molecule has 0 aromatic carbocycles. The molecular weight excluding hydrogens is 196 g/mol. The Kier molecular flexibility index (Phi) is 2.65. The minimum Gasteiger partial charge on any atom is -0.433 e. The molecule has 1 aromatic heterocycles. The van der Waals surface area contributed by atoms with Gasteiger partial charge in [0.05, 0.1) is 19.4 Å². The van der Waals surface area contributed by atoms with Gasteiger partial charge in [-0.15, -0.1) is 0 Å². The summed E-state index contributed by atoms with van der Waals surface area (Å²) in [4.78, 5) is 13.9. The van der Waals surface area contributed by atoms with Gasteiger partial charge in [0, 0.05) is 0 Å². The molecule has 0 fully saturated rings. The third kappa shape index (κ3) is 1.54. The van der Waals surface area contributed by atoms with Crippen LogP contribution in [-0.2, 0) is 15.4 Å². The van der Waals surface area contributed by atoms with Crippen LogP contribution in [0.5, 0.6) is 0 Å². The minimum atomic E-state index is -1.93. The summed E-state index contributed by atoms with van der Waals surface area (Å²) in [6.45, 7) is 8.09. The maximum Gasteiger partial charge on any atom is 0.419 e. The summed E-state index contributed by atoms with van der Waals surface area (Å²) in [7, 11) is 1.19. The van der Waals surface area contributed by atoms with Crippen molar-refractivity contribution in [2.45, 2.75) is 6.92 Å². The van der Waals surface area contributed by atoms with Gasteiger partial charge in [-0.25, -0.2) is 9.00 Å². The standard InChI is InChI=1S/C6H6N2O4S/c1-4-5(7-2)12-6(9)8(4)13(10)11-3/h1,3H3. The Balaban J connectivity index is 3.40. The second-order valence-electron chi connectivity index (χ2n) is 2.05. The topological polar surface area (TPSA) is 65.8 Å². The van der Waals surface area contributed by atoms with E-state index in [2.05, 4.69) is 13.4 Å². The highest BCUT2D eigenvalue weighted by Crippen LogP contribution is 2.16. The molecule has 6 nitrogen and oxygen atoms in total. The fraction of sp³-hybridized carbons (Fsp3) is 0.333. The van der Waals surface area contributed by atoms with Gasteiger partial charge in [-0.05, 0) is 6.92 Å². The second kappa shape index (κ2) is 3.55. The molecule has 0 saturated carbocycles. The van der Waals surface area contributed by atoms with Crippen LogP contribution in [0, 0.1) is 13.5 Å². The van der Waals surface area contributed by atoms with Crippen molar-refractivity contribution in [3.8, 4) is 0 Å². The normalized spacial score (nSPS) is 12.4. The van der Waals surface area contributed by atoms with Crippen molar-refractivity contribution in [3.05, 3.63) is 27.7 Å². The van der Waals surface area contributed by atoms with Crippen molar-refractivity contribution in [1.29, 1.82) is 0 Å². The average molecular weight is 202 g/mol. The van der Waals surface area contributed by atoms with Crippen molar-refractivity contribution < 1.29 is 12.8 Å². The molecule has 1 atom stereocenters. The molecule has 1 rings (SSSR count). The molecule has 0 amide bonds. The number of rotatable bonds is 2. The molecule has 0 spiro atoms. The van der Waals surface area contributed by atoms with Crippen LogP contribution in [0.15, 0.2) is 9.21 Å². The summed E-state index contributed by atoms with van der Waals surface area (Å²) in [5, 5.41) is 0. The van der Waals surface area contributed by atoms with Gasteiger partial charge >= 0.3 is 11.6 Å². The average Bonchev–Trinajstić information content (AvgIpc) is 2.40. The van der Waals surface area contributed by atoms with Crippen LogP contribution in [0.1, 0.15) is 5.69 Å². The van der Waals surface area contributed by atoms with Crippen molar-refractivity contribution in [2.24, 2.45) is 0 Å². The number of hydrogen-bond acceptors (Lipinski definition) is 4. The Bertz CT molecular complexity index is 438. The van der Waals surface area contributed by atoms with E-state index in [1.165, 1.54) is 14.0 Å². The summed E-state index contributed by atoms with van der Waals surface area (Å²) in [6.07, 6.45) is 0. The van der Waals surface area contributed by atoms with Gasteiger partial charge < -0.3 is 4.42 Å². The van der Waals surface area contributed by atoms with Gasteiger partial charge in [0.25, 0.3) is 11.3 Å². The molecular formula is C6H6N2O4S. The van der Waals surface area contributed by atoms with Crippen LogP contribution in [0.2, 0.25) is 0 Å². The van der Waals surface area contributed by atoms with E-state index < -0.39 is 17.0 Å². The summed E-state index contributed by atoms with van der Waals surface area (Å²) >= 11 is -1.93. The van der Waals surface area contributed by atoms with E-state index in [0.29, 0.717) is 0 Å². The molecule has 13 heavy (non-hydrogen) atoms. The van der Waals surface area contributed by atoms with Crippen molar-refractivity contribution >= 4 is 17.2 Å². The highest BCUT2D eigenvalue weighted by Gasteiger charge is 2.16. The number of oxazole rings is 1. The van der Waals surface area contributed by atoms with Gasteiger partial charge in [0.1, 0.15) is 0 Å². The van der Waals surface area contributed by atoms with Gasteiger partial charge in [-0.3, -0.25) is 4.18 Å². The van der Waals surface area contributed by atoms with Crippen LogP contribution in [0.3, 0.4) is 0 Å². The fourth-order valence-electron chi connectivity index (χ4n) is 0.773. The van der Waals surface area contributed by atoms with E-state index in [1.54, 1.807) is 0 Å². The minimum absolute atomic E-state index is 0.171. The summed E-state index contributed by atoms with van der Waals surface area (Å²) in [5.41, 5.74) is 0.195. The molecule has 0 saturated heterocycles. The van der Waals surface area contributed by atoms with Crippen molar-refractivity contribution in [3.63, 3.8) is 0 Å². The fourth-order valence-corrected chi connectivity index (χ4v) is 1.38. The lowest BCUT2D eigenvalue weighted by Gasteiger charge is -1.97. The van der Waals surface area contributed by atoms with Crippen LogP contribution in [-0.4, -0.2) is 15.3 Å². The number of hydrogen-bond donors (Lipinski definition) is 0. The Morgan fingerprint density at radius 3 is 2.69 bits per heavy atom. The van der Waals surface area contributed by atoms with E-state index in [9.17, 15) is 9.00 Å². The van der Waals surface area contributed by atoms with E-state index in [-0.39, 0.29) is 11.6 Å². The molecule has 0 aliphatic carbocycles. The summed E-state index contributed by atoms with van der Waals surface area (Å²) < 4.78 is 20.8. The third-order valence-electron chi connectivity index (χ3n) is 1.36. The van der Waals surface area contributed by atoms with Gasteiger partial charge in [-0.2, -0.15) is 8.82 Å². The van der Waals surface area contributed by atoms with E-state index in [4.69, 9.17) is 6.57 Å². The quantitative estimate of drug-likeness (QED) is 0.650. The van der Waals surface area contributed by atoms with Gasteiger partial charge in [-0.1, -0.05) is 0 Å². The Morgan fingerprint density at radius 2 is 2.31 bits per heavy atom. The first kappa shape index (κ1) is 9.70. The van der Waals surface area contributed by atoms with Crippen LogP contribution in [0.4, 0.5) is 5.88 Å². The highest BCUT2D eigenvalue weighted by molar-refractivity contribution is 7.78. The van der Waals surface area contributed by atoms with E-state index in [1.807, 2.05) is 0 Å². The third-order valence-corrected chi connectivity index (χ3v) is 2.36. The van der Waals surface area contributed by atoms with E-state index in [0.717, 1.165) is 3.97 Å². The van der Waals surface area contributed by atoms with Gasteiger partial charge in [0.15, 0.2) is 0 Å². The van der Waals surface area contributed by atoms with Crippen molar-refractivity contribution in [2.75, 3.05) is 7.11 Å². The molecule has 0 bridgehead atoms. The summed E-state index contributed by atoms with van der Waals surface area (Å²) in [5.74, 6) is -1.03. The smallest absolute Gasteiger partial charge is 0.419 e. The number of aromatic nitrogens is 1. The first-order valence-electron chi connectivity index (χ1n) is 3.18. The summed E-state index contributed by atoms with van der Waals surface area (Å²) in [6, 6.07) is 0. The largest absolute Gasteiger partial charge is 0.433 e. The van der Waals surface area contributed by atoms with Crippen LogP contribution in [0.25, 0.3) is 4.85 Å². The molecule has 7 heteroatoms. The lowest BCUT2D eigenvalue weighted by molar-refractivity contribution is 0.432. The predicted octanol–water partition coefficient (Wildman–Crippen LogP) is 0.374. The Hall–Kier alpha value is -1.39. The lowest BCUT2D eigenvalue weighted by atomic mass is 10.5. The van der Waals surface area contributed by atoms with Gasteiger partial charge in [0.2, 0.25) is 0 Å². The molecule has 0 aliphatic rings. The molecule has 0 N–H and O–H groups in total. The zero-order valence-corrected chi connectivity index (χ0v) is 7.75. The molecule has 1 unspecified atom stereocenters. The highest BCUT2D eigenvalue weighted by atomic mass is 32.2. The predicted molar refractivity (Wildman–Crippen MR) is 44.5 cm³/mol. The SMILES string of the molecule is [C-]#[N+]c1oc(=O)n(S(=O)OC)c1C. The molecule has 0 radical (unpaired) electrons. The molecule has 1 heterocycles. The number of nitrogens with zero attached hydrogens (tertiary/aromatic N) is 2. The molecule has 70 valence electrons. The second-order valence-corrected chi connectivity index (χ2v) is 3.18. The molecule has 0 aliphatic heterocycles. The monoisotopic (exact) mass is 202 g/mol. The molecule has 1 aromatic rings. The maximum atomic E-state index is 11.1. The van der Waals surface area contributed by atoms with Crippen LogP contribution < -0.4 is 5.76 Å². The first-order valence-corrected chi connectivity index (χ1v) is 4.21. The Morgan fingerprint density at radius 1 is 1.69 bits per heavy atom. The maximum absolute atomic E-state index is 11.1.